The first-order chi connectivity index (χ1) is 10.1. The zero-order chi connectivity index (χ0) is 17.1. The second kappa shape index (κ2) is 6.39. The molecule has 1 N–H and O–H groups in total. The number of anilines is 1. The van der Waals surface area contributed by atoms with Crippen LogP contribution in [0, 0.1) is 20.2 Å². The lowest BCUT2D eigenvalue weighted by Gasteiger charge is -2.29. The third-order valence-electron chi connectivity index (χ3n) is 2.77. The molecule has 1 amide bonds. The molecule has 0 radical (unpaired) electrons. The summed E-state index contributed by atoms with van der Waals surface area (Å²) < 4.78 is 0. The van der Waals surface area contributed by atoms with Gasteiger partial charge in [-0.2, -0.15) is 0 Å². The minimum atomic E-state index is -3.41. The molecule has 10 nitrogen and oxygen atoms in total. The number of amides is 1. The van der Waals surface area contributed by atoms with Crippen molar-refractivity contribution in [3.8, 4) is 0 Å². The van der Waals surface area contributed by atoms with Crippen molar-refractivity contribution < 1.29 is 24.5 Å². The predicted octanol–water partition coefficient (Wildman–Crippen LogP) is 0.630. The first-order valence-electron chi connectivity index (χ1n) is 5.73. The van der Waals surface area contributed by atoms with Gasteiger partial charge < -0.3 is 5.11 Å². The van der Waals surface area contributed by atoms with E-state index in [1.807, 2.05) is 0 Å². The van der Waals surface area contributed by atoms with Crippen molar-refractivity contribution in [3.05, 3.63) is 50.6 Å². The van der Waals surface area contributed by atoms with Crippen molar-refractivity contribution in [2.24, 2.45) is 0 Å². The Labute approximate surface area is 129 Å². The van der Waals surface area contributed by atoms with Gasteiger partial charge in [0.2, 0.25) is 5.91 Å². The summed E-state index contributed by atoms with van der Waals surface area (Å²) in [6.07, 6.45) is 0. The summed E-state index contributed by atoms with van der Waals surface area (Å²) in [7, 11) is 0. The Balaban J connectivity index is 3.57. The maximum absolute atomic E-state index is 11.8. The number of carbonyl (C=O) groups is 2. The van der Waals surface area contributed by atoms with E-state index in [9.17, 15) is 34.9 Å². The number of carbonyl (C=O) groups excluding carboxylic acids is 1. The highest BCUT2D eigenvalue weighted by molar-refractivity contribution is 7.81. The fraction of sp³-hybridized carbons (Fsp3) is 0.273. The molecule has 11 heteroatoms. The first-order valence-corrected chi connectivity index (χ1v) is 6.17. The number of carboxylic acid groups (broad SMARTS) is 1. The Bertz CT molecular complexity index is 607. The van der Waals surface area contributed by atoms with Crippen LogP contribution in [0.25, 0.3) is 0 Å². The van der Waals surface area contributed by atoms with E-state index in [0.29, 0.717) is 4.90 Å². The number of para-hydroxylation sites is 1. The molecule has 0 saturated carbocycles. The van der Waals surface area contributed by atoms with Gasteiger partial charge in [0.25, 0.3) is 6.04 Å². The number of rotatable bonds is 6. The van der Waals surface area contributed by atoms with Gasteiger partial charge in [0.1, 0.15) is 9.85 Å². The van der Waals surface area contributed by atoms with Gasteiger partial charge in [-0.15, -0.1) is 0 Å². The molecule has 0 aromatic heterocycles. The number of thiol groups is 1. The van der Waals surface area contributed by atoms with Crippen LogP contribution in [0.3, 0.4) is 0 Å². The molecule has 118 valence electrons. The summed E-state index contributed by atoms with van der Waals surface area (Å²) >= 11 is 3.35. The van der Waals surface area contributed by atoms with E-state index in [4.69, 9.17) is 0 Å². The topological polar surface area (TPSA) is 144 Å². The van der Waals surface area contributed by atoms with E-state index in [2.05, 4.69) is 12.6 Å². The summed E-state index contributed by atoms with van der Waals surface area (Å²) in [5.74, 6) is -2.84. The third-order valence-corrected chi connectivity index (χ3v) is 3.34. The van der Waals surface area contributed by atoms with Crippen LogP contribution in [0.4, 0.5) is 5.69 Å². The van der Waals surface area contributed by atoms with E-state index in [1.165, 1.54) is 24.3 Å². The van der Waals surface area contributed by atoms with Gasteiger partial charge in [-0.25, -0.2) is 4.79 Å². The molecule has 1 aromatic rings. The average Bonchev–Trinajstić information content (AvgIpc) is 2.43. The fourth-order valence-electron chi connectivity index (χ4n) is 1.82. The molecular formula is C11H11N3O7S. The van der Waals surface area contributed by atoms with Crippen molar-refractivity contribution >= 4 is 30.2 Å². The Morgan fingerprint density at radius 1 is 1.23 bits per heavy atom. The van der Waals surface area contributed by atoms with Gasteiger partial charge in [-0.1, -0.05) is 18.2 Å². The van der Waals surface area contributed by atoms with E-state index < -0.39 is 32.8 Å². The SMILES string of the molecule is CC(=O)N(c1ccccc1)[C@H](C(=O)O)C(S)([N+](=O)[O-])[N+](=O)[O-]. The van der Waals surface area contributed by atoms with Gasteiger partial charge in [0, 0.05) is 12.6 Å². The fourth-order valence-corrected chi connectivity index (χ4v) is 2.04. The summed E-state index contributed by atoms with van der Waals surface area (Å²) in [5, 5.41) is 31.3. The second-order valence-corrected chi connectivity index (χ2v) is 4.83. The zero-order valence-electron chi connectivity index (χ0n) is 11.1. The van der Waals surface area contributed by atoms with Crippen LogP contribution in [-0.4, -0.2) is 37.9 Å². The van der Waals surface area contributed by atoms with Crippen LogP contribution in [0.1, 0.15) is 6.92 Å². The van der Waals surface area contributed by atoms with E-state index >= 15 is 0 Å². The van der Waals surface area contributed by atoms with E-state index in [1.54, 1.807) is 6.07 Å². The number of benzene rings is 1. The van der Waals surface area contributed by atoms with Crippen molar-refractivity contribution in [1.82, 2.24) is 0 Å². The minimum Gasteiger partial charge on any atom is -0.479 e. The highest BCUT2D eigenvalue weighted by Gasteiger charge is 2.67. The molecule has 0 heterocycles. The van der Waals surface area contributed by atoms with Crippen LogP contribution in [-0.2, 0) is 9.59 Å². The number of hydrogen-bond donors (Lipinski definition) is 2. The van der Waals surface area contributed by atoms with Gasteiger partial charge in [-0.3, -0.25) is 29.9 Å². The molecule has 1 aromatic carbocycles. The van der Waals surface area contributed by atoms with E-state index in [-0.39, 0.29) is 5.69 Å². The monoisotopic (exact) mass is 329 g/mol. The van der Waals surface area contributed by atoms with Crippen molar-refractivity contribution in [3.63, 3.8) is 0 Å². The molecule has 22 heavy (non-hydrogen) atoms. The van der Waals surface area contributed by atoms with Gasteiger partial charge >= 0.3 is 11.0 Å². The molecule has 0 bridgehead atoms. The highest BCUT2D eigenvalue weighted by atomic mass is 32.1. The lowest BCUT2D eigenvalue weighted by Crippen LogP contribution is -2.63. The maximum Gasteiger partial charge on any atom is 0.534 e. The highest BCUT2D eigenvalue weighted by Crippen LogP contribution is 2.30. The van der Waals surface area contributed by atoms with Crippen molar-refractivity contribution in [2.75, 3.05) is 4.90 Å². The summed E-state index contributed by atoms with van der Waals surface area (Å²) in [5.41, 5.74) is -0.0375. The van der Waals surface area contributed by atoms with Crippen molar-refractivity contribution in [1.29, 1.82) is 0 Å². The lowest BCUT2D eigenvalue weighted by atomic mass is 10.1. The summed E-state index contributed by atoms with van der Waals surface area (Å²) in [6.45, 7) is 0.941. The third kappa shape index (κ3) is 2.98. The van der Waals surface area contributed by atoms with Crippen LogP contribution in [0.15, 0.2) is 30.3 Å². The maximum atomic E-state index is 11.8. The molecular weight excluding hydrogens is 318 g/mol. The number of nitro groups is 2. The smallest absolute Gasteiger partial charge is 0.479 e. The quantitative estimate of drug-likeness (QED) is 0.337. The number of aliphatic carboxylic acids is 1. The van der Waals surface area contributed by atoms with Gasteiger partial charge in [-0.05, 0) is 24.8 Å². The number of hydrogen-bond acceptors (Lipinski definition) is 7. The molecule has 0 aliphatic heterocycles. The molecule has 0 saturated heterocycles. The first kappa shape index (κ1) is 17.4. The van der Waals surface area contributed by atoms with Crippen molar-refractivity contribution in [2.45, 2.75) is 18.0 Å². The van der Waals surface area contributed by atoms with Gasteiger partial charge in [0.15, 0.2) is 0 Å². The zero-order valence-corrected chi connectivity index (χ0v) is 12.0. The largest absolute Gasteiger partial charge is 0.534 e. The Kier molecular flexibility index (Phi) is 5.04. The summed E-state index contributed by atoms with van der Waals surface area (Å²) in [4.78, 5) is 39.4. The Morgan fingerprint density at radius 2 is 1.68 bits per heavy atom. The normalized spacial score (nSPS) is 12.3. The summed E-state index contributed by atoms with van der Waals surface area (Å²) in [6, 6.07) is 4.61. The Hall–Kier alpha value is -2.69. The van der Waals surface area contributed by atoms with Crippen LogP contribution < -0.4 is 4.90 Å². The molecule has 1 atom stereocenters. The standard InChI is InChI=1S/C11H11N3O7S/c1-7(15)12(8-5-3-2-4-6-8)9(10(16)17)11(22,13(18)19)14(20)21/h2-6,9,22H,1H3,(H,16,17)/t9-/m1/s1. The molecule has 0 aliphatic rings. The number of nitrogens with zero attached hydrogens (tertiary/aromatic N) is 3. The lowest BCUT2D eigenvalue weighted by molar-refractivity contribution is -0.761. The predicted molar refractivity (Wildman–Crippen MR) is 76.7 cm³/mol. The molecule has 0 fully saturated rings. The minimum absolute atomic E-state index is 0.0375. The average molecular weight is 329 g/mol. The molecule has 0 spiro atoms. The van der Waals surface area contributed by atoms with E-state index in [0.717, 1.165) is 6.92 Å². The van der Waals surface area contributed by atoms with Crippen LogP contribution in [0.2, 0.25) is 0 Å². The van der Waals surface area contributed by atoms with Crippen LogP contribution in [0.5, 0.6) is 0 Å². The second-order valence-electron chi connectivity index (χ2n) is 4.17. The van der Waals surface area contributed by atoms with Crippen LogP contribution >= 0.6 is 12.6 Å². The Morgan fingerprint density at radius 3 is 2.00 bits per heavy atom. The van der Waals surface area contributed by atoms with Gasteiger partial charge in [0.05, 0.1) is 0 Å². The molecule has 1 rings (SSSR count). The molecule has 0 aliphatic carbocycles. The molecule has 0 unspecified atom stereocenters. The number of carboxylic acids is 1.